The predicted molar refractivity (Wildman–Crippen MR) is 273 cm³/mol. The summed E-state index contributed by atoms with van der Waals surface area (Å²) in [6.07, 6.45) is 5.93. The minimum absolute atomic E-state index is 0.321. The highest BCUT2D eigenvalue weighted by atomic mass is 28.3. The van der Waals surface area contributed by atoms with Crippen LogP contribution in [0, 0.1) is 0 Å². The fraction of sp³-hybridized carbons (Fsp3) is 0.0508. The van der Waals surface area contributed by atoms with Crippen molar-refractivity contribution in [3.63, 3.8) is 0 Å². The molecule has 0 bridgehead atoms. The van der Waals surface area contributed by atoms with Crippen molar-refractivity contribution in [2.45, 2.75) is 19.3 Å². The van der Waals surface area contributed by atoms with Gasteiger partial charge in [0.25, 0.3) is 0 Å². The second-order valence-electron chi connectivity index (χ2n) is 17.8. The van der Waals surface area contributed by atoms with Crippen LogP contribution in [0.3, 0.4) is 0 Å². The summed E-state index contributed by atoms with van der Waals surface area (Å²) in [6, 6.07) is 76.4. The normalized spacial score (nSPS) is 13.5. The number of benzene rings is 8. The van der Waals surface area contributed by atoms with Gasteiger partial charge < -0.3 is 4.90 Å². The van der Waals surface area contributed by atoms with E-state index in [9.17, 15) is 0 Å². The van der Waals surface area contributed by atoms with E-state index in [1.54, 1.807) is 0 Å². The number of pyridine rings is 2. The number of hydrogen-bond acceptors (Lipinski definition) is 3. The zero-order valence-corrected chi connectivity index (χ0v) is 37.1. The van der Waals surface area contributed by atoms with Crippen LogP contribution in [0.2, 0.25) is 0 Å². The van der Waals surface area contributed by atoms with Gasteiger partial charge >= 0.3 is 0 Å². The molecule has 0 saturated carbocycles. The molecule has 4 aromatic heterocycles. The molecule has 308 valence electrons. The van der Waals surface area contributed by atoms with Crippen molar-refractivity contribution in [3.05, 3.63) is 236 Å². The van der Waals surface area contributed by atoms with Gasteiger partial charge in [-0.25, -0.2) is 9.97 Å². The molecular formula is C59H43N5Si. The molecule has 0 radical (unpaired) electrons. The number of nitrogens with zero attached hydrogens (tertiary/aromatic N) is 5. The molecular weight excluding hydrogens is 807 g/mol. The highest BCUT2D eigenvalue weighted by Gasteiger charge is 2.43. The first-order valence-corrected chi connectivity index (χ1v) is 24.4. The number of hydrogen-bond donors (Lipinski definition) is 0. The van der Waals surface area contributed by atoms with Gasteiger partial charge in [-0.05, 0) is 91.9 Å². The maximum absolute atomic E-state index is 5.07. The molecule has 0 fully saturated rings. The Morgan fingerprint density at radius 3 is 1.86 bits per heavy atom. The van der Waals surface area contributed by atoms with Crippen LogP contribution in [-0.2, 0) is 5.41 Å². The molecule has 1 aliphatic rings. The second kappa shape index (κ2) is 14.2. The first-order chi connectivity index (χ1) is 32.0. The Balaban J connectivity index is 1.16. The summed E-state index contributed by atoms with van der Waals surface area (Å²) in [4.78, 5) is 12.5. The Morgan fingerprint density at radius 1 is 0.446 bits per heavy atom. The van der Waals surface area contributed by atoms with E-state index in [0.717, 1.165) is 39.1 Å². The maximum Gasteiger partial charge on any atom is 0.179 e. The third-order valence-electron chi connectivity index (χ3n) is 14.1. The van der Waals surface area contributed by atoms with Gasteiger partial charge in [0.05, 0.1) is 27.9 Å². The maximum atomic E-state index is 5.07. The van der Waals surface area contributed by atoms with Crippen molar-refractivity contribution in [2.75, 3.05) is 4.90 Å². The van der Waals surface area contributed by atoms with E-state index in [1.807, 2.05) is 18.5 Å². The second-order valence-corrected chi connectivity index (χ2v) is 21.6. The molecule has 0 spiro atoms. The first kappa shape index (κ1) is 37.5. The highest BCUT2D eigenvalue weighted by Crippen LogP contribution is 2.55. The molecule has 5 nitrogen and oxygen atoms in total. The molecule has 1 aliphatic heterocycles. The van der Waals surface area contributed by atoms with Crippen LogP contribution >= 0.6 is 0 Å². The predicted octanol–water partition coefficient (Wildman–Crippen LogP) is 11.6. The Morgan fingerprint density at radius 2 is 1.11 bits per heavy atom. The van der Waals surface area contributed by atoms with Crippen LogP contribution in [0.1, 0.15) is 25.0 Å². The number of rotatable bonds is 6. The van der Waals surface area contributed by atoms with Crippen LogP contribution < -0.4 is 25.6 Å². The molecule has 0 atom stereocenters. The lowest BCUT2D eigenvalue weighted by Gasteiger charge is -2.42. The average Bonchev–Trinajstić information content (AvgIpc) is 4.00. The summed E-state index contributed by atoms with van der Waals surface area (Å²) in [6.45, 7) is 4.79. The van der Waals surface area contributed by atoms with Gasteiger partial charge in [-0.1, -0.05) is 166 Å². The minimum atomic E-state index is -3.08. The lowest BCUT2D eigenvalue weighted by molar-refractivity contribution is 0.638. The summed E-state index contributed by atoms with van der Waals surface area (Å²) in [5.41, 5.74) is 10.2. The van der Waals surface area contributed by atoms with Crippen LogP contribution in [0.4, 0.5) is 17.1 Å². The number of para-hydroxylation sites is 3. The molecule has 0 N–H and O–H groups in total. The highest BCUT2D eigenvalue weighted by molar-refractivity contribution is 7.20. The standard InChI is InChI=1S/C59H43N5Si/c1-59(2)49-25-13-15-27-51(49)63(40-18-6-3-7-19-40)53-34-33-52-56(57(53)59)47-32-30-44(39-54(47)64(52)55-28-16-17-35-60-55)65(41-20-8-4-9-21-41,42-22-10-5-11-23-42)43-29-31-45-46-24-12-14-26-50(46)62-37-36-61-58(62)48(45)38-43/h3-39H,1-2H3. The molecule has 65 heavy (non-hydrogen) atoms. The lowest BCUT2D eigenvalue weighted by atomic mass is 9.72. The van der Waals surface area contributed by atoms with Crippen LogP contribution in [-0.4, -0.2) is 27.0 Å². The molecule has 0 amide bonds. The molecule has 0 aliphatic carbocycles. The smallest absolute Gasteiger partial charge is 0.179 e. The average molecular weight is 850 g/mol. The summed E-state index contributed by atoms with van der Waals surface area (Å²) < 4.78 is 4.65. The number of fused-ring (bicyclic) bond motifs is 12. The van der Waals surface area contributed by atoms with Gasteiger partial charge in [-0.2, -0.15) is 0 Å². The quantitative estimate of drug-likeness (QED) is 0.0950. The summed E-state index contributed by atoms with van der Waals surface area (Å²) in [5.74, 6) is 0.893. The minimum Gasteiger partial charge on any atom is -0.310 e. The van der Waals surface area contributed by atoms with Gasteiger partial charge in [0, 0.05) is 51.2 Å². The van der Waals surface area contributed by atoms with E-state index in [1.165, 1.54) is 64.8 Å². The third kappa shape index (κ3) is 5.32. The Kier molecular flexibility index (Phi) is 8.20. The Bertz CT molecular complexity index is 3760. The summed E-state index contributed by atoms with van der Waals surface area (Å²) in [7, 11) is -3.08. The van der Waals surface area contributed by atoms with Gasteiger partial charge in [-0.3, -0.25) is 8.97 Å². The topological polar surface area (TPSA) is 38.4 Å². The largest absolute Gasteiger partial charge is 0.310 e. The first-order valence-electron chi connectivity index (χ1n) is 22.4. The zero-order chi connectivity index (χ0) is 43.3. The number of aromatic nitrogens is 4. The van der Waals surface area contributed by atoms with E-state index in [4.69, 9.17) is 9.97 Å². The SMILES string of the molecule is CC1(C)c2ccccc2N(c2ccccc2)c2ccc3c(c21)c1ccc([Si](c2ccccc2)(c2ccccc2)c2ccc4c5ccccc5n5ccnc5c4c2)cc1n3-c1ccccn1. The Labute approximate surface area is 378 Å². The lowest BCUT2D eigenvalue weighted by Crippen LogP contribution is -2.74. The molecule has 0 saturated heterocycles. The molecule has 13 rings (SSSR count). The van der Waals surface area contributed by atoms with E-state index >= 15 is 0 Å². The fourth-order valence-electron chi connectivity index (χ4n) is 11.4. The van der Waals surface area contributed by atoms with Crippen LogP contribution in [0.15, 0.2) is 225 Å². The van der Waals surface area contributed by atoms with Gasteiger partial charge in [0.15, 0.2) is 8.07 Å². The molecule has 12 aromatic rings. The van der Waals surface area contributed by atoms with Crippen molar-refractivity contribution < 1.29 is 0 Å². The Hall–Kier alpha value is -8.06. The summed E-state index contributed by atoms with van der Waals surface area (Å²) >= 11 is 0. The van der Waals surface area contributed by atoms with Gasteiger partial charge in [-0.15, -0.1) is 0 Å². The van der Waals surface area contributed by atoms with E-state index < -0.39 is 8.07 Å². The molecule has 6 heteroatoms. The monoisotopic (exact) mass is 849 g/mol. The van der Waals surface area contributed by atoms with Gasteiger partial charge in [0.1, 0.15) is 11.5 Å². The summed E-state index contributed by atoms with van der Waals surface area (Å²) in [5, 5.41) is 11.3. The van der Waals surface area contributed by atoms with Crippen molar-refractivity contribution in [3.8, 4) is 5.82 Å². The van der Waals surface area contributed by atoms with Crippen molar-refractivity contribution in [1.29, 1.82) is 0 Å². The van der Waals surface area contributed by atoms with Crippen LogP contribution in [0.5, 0.6) is 0 Å². The van der Waals surface area contributed by atoms with Gasteiger partial charge in [0.2, 0.25) is 0 Å². The number of imidazole rings is 1. The van der Waals surface area contributed by atoms with E-state index in [-0.39, 0.29) is 5.41 Å². The molecule has 5 heterocycles. The third-order valence-corrected chi connectivity index (χ3v) is 18.9. The zero-order valence-electron chi connectivity index (χ0n) is 36.1. The van der Waals surface area contributed by atoms with Crippen molar-refractivity contribution >= 4 is 95.0 Å². The van der Waals surface area contributed by atoms with E-state index in [0.29, 0.717) is 0 Å². The van der Waals surface area contributed by atoms with Crippen molar-refractivity contribution in [1.82, 2.24) is 18.9 Å². The van der Waals surface area contributed by atoms with E-state index in [2.05, 4.69) is 234 Å². The number of anilines is 3. The fourth-order valence-corrected chi connectivity index (χ4v) is 16.1. The van der Waals surface area contributed by atoms with Crippen LogP contribution in [0.25, 0.3) is 54.9 Å². The van der Waals surface area contributed by atoms with Crippen molar-refractivity contribution in [2.24, 2.45) is 0 Å². The molecule has 0 unspecified atom stereocenters. The molecule has 8 aromatic carbocycles.